The summed E-state index contributed by atoms with van der Waals surface area (Å²) < 4.78 is 5.12. The first-order valence-corrected chi connectivity index (χ1v) is 10.1. The number of likely N-dealkylation sites (N-methyl/N-ethyl adjacent to an activating group) is 1. The Morgan fingerprint density at radius 2 is 1.90 bits per heavy atom. The molecule has 3 rings (SSSR count). The van der Waals surface area contributed by atoms with Crippen molar-refractivity contribution in [2.45, 2.75) is 26.3 Å². The summed E-state index contributed by atoms with van der Waals surface area (Å²) in [4.78, 5) is 29.7. The molecule has 29 heavy (non-hydrogen) atoms. The molecule has 2 aromatic rings. The molecule has 1 atom stereocenters. The molecule has 7 nitrogen and oxygen atoms in total. The Morgan fingerprint density at radius 3 is 2.59 bits per heavy atom. The second-order valence-corrected chi connectivity index (χ2v) is 7.77. The van der Waals surface area contributed by atoms with E-state index in [4.69, 9.17) is 4.42 Å². The predicted molar refractivity (Wildman–Crippen MR) is 113 cm³/mol. The van der Waals surface area contributed by atoms with E-state index in [1.54, 1.807) is 24.3 Å². The first-order chi connectivity index (χ1) is 13.9. The van der Waals surface area contributed by atoms with Gasteiger partial charge in [0.15, 0.2) is 5.76 Å². The van der Waals surface area contributed by atoms with E-state index in [1.807, 2.05) is 19.9 Å². The fraction of sp³-hybridized carbons (Fsp3) is 0.455. The van der Waals surface area contributed by atoms with Gasteiger partial charge in [-0.3, -0.25) is 9.59 Å². The second kappa shape index (κ2) is 9.71. The fourth-order valence-corrected chi connectivity index (χ4v) is 3.32. The zero-order valence-corrected chi connectivity index (χ0v) is 17.4. The van der Waals surface area contributed by atoms with Gasteiger partial charge in [-0.15, -0.1) is 0 Å². The van der Waals surface area contributed by atoms with Gasteiger partial charge in [-0.1, -0.05) is 6.07 Å². The van der Waals surface area contributed by atoms with E-state index in [2.05, 4.69) is 27.5 Å². The number of anilines is 1. The number of hydrogen-bond acceptors (Lipinski definition) is 5. The summed E-state index contributed by atoms with van der Waals surface area (Å²) in [6.07, 6.45) is 2.36. The van der Waals surface area contributed by atoms with Crippen LogP contribution in [0.3, 0.4) is 0 Å². The van der Waals surface area contributed by atoms with E-state index in [-0.39, 0.29) is 23.6 Å². The van der Waals surface area contributed by atoms with Gasteiger partial charge >= 0.3 is 0 Å². The fourth-order valence-electron chi connectivity index (χ4n) is 3.32. The van der Waals surface area contributed by atoms with Gasteiger partial charge in [-0.2, -0.15) is 0 Å². The molecular weight excluding hydrogens is 368 g/mol. The van der Waals surface area contributed by atoms with Crippen LogP contribution in [-0.4, -0.2) is 67.4 Å². The maximum Gasteiger partial charge on any atom is 0.291 e. The molecule has 1 aliphatic rings. The molecule has 2 amide bonds. The minimum absolute atomic E-state index is 0.0737. The lowest BCUT2D eigenvalue weighted by Crippen LogP contribution is -2.46. The van der Waals surface area contributed by atoms with E-state index in [0.717, 1.165) is 44.7 Å². The average molecular weight is 399 g/mol. The monoisotopic (exact) mass is 398 g/mol. The van der Waals surface area contributed by atoms with Crippen LogP contribution in [0.5, 0.6) is 0 Å². The molecule has 1 aliphatic heterocycles. The quantitative estimate of drug-likeness (QED) is 0.750. The number of carbonyl (C=O) groups excluding carboxylic acids is 2. The molecule has 0 spiro atoms. The van der Waals surface area contributed by atoms with E-state index in [0.29, 0.717) is 11.3 Å². The van der Waals surface area contributed by atoms with Crippen LogP contribution in [0.2, 0.25) is 0 Å². The van der Waals surface area contributed by atoms with Crippen molar-refractivity contribution in [3.8, 4) is 0 Å². The first kappa shape index (κ1) is 21.1. The van der Waals surface area contributed by atoms with Gasteiger partial charge in [0.2, 0.25) is 0 Å². The highest BCUT2D eigenvalue weighted by molar-refractivity contribution is 6.03. The lowest BCUT2D eigenvalue weighted by atomic mass is 10.1. The van der Waals surface area contributed by atoms with Gasteiger partial charge in [0.05, 0.1) is 6.26 Å². The van der Waals surface area contributed by atoms with E-state index in [9.17, 15) is 9.59 Å². The van der Waals surface area contributed by atoms with Crippen LogP contribution in [-0.2, 0) is 0 Å². The van der Waals surface area contributed by atoms with E-state index < -0.39 is 0 Å². The van der Waals surface area contributed by atoms with Crippen LogP contribution in [0, 0.1) is 6.92 Å². The Labute approximate surface area is 172 Å². The molecular formula is C22H30N4O3. The highest BCUT2D eigenvalue weighted by atomic mass is 16.3. The van der Waals surface area contributed by atoms with Crippen molar-refractivity contribution in [3.05, 3.63) is 53.5 Å². The largest absolute Gasteiger partial charge is 0.459 e. The Morgan fingerprint density at radius 1 is 1.14 bits per heavy atom. The summed E-state index contributed by atoms with van der Waals surface area (Å²) in [5.74, 6) is -0.239. The van der Waals surface area contributed by atoms with Crippen molar-refractivity contribution in [2.24, 2.45) is 0 Å². The smallest absolute Gasteiger partial charge is 0.291 e. The Hall–Kier alpha value is -2.64. The molecule has 2 N–H and O–H groups in total. The molecule has 1 saturated heterocycles. The second-order valence-electron chi connectivity index (χ2n) is 7.77. The molecule has 1 aromatic heterocycles. The van der Waals surface area contributed by atoms with Crippen LogP contribution < -0.4 is 10.6 Å². The standard InChI is InChI=1S/C22H30N4O3/c1-16-6-7-18(15-19(16)24-22(28)20-5-4-14-29-20)21(27)23-17(2)8-9-26-12-10-25(3)11-13-26/h4-7,14-15,17H,8-13H2,1-3H3,(H,23,27)(H,24,28). The number of piperazine rings is 1. The van der Waals surface area contributed by atoms with Crippen molar-refractivity contribution in [1.82, 2.24) is 15.1 Å². The van der Waals surface area contributed by atoms with Crippen LogP contribution in [0.25, 0.3) is 0 Å². The number of nitrogens with zero attached hydrogens (tertiary/aromatic N) is 2. The summed E-state index contributed by atoms with van der Waals surface area (Å²) in [6.45, 7) is 9.24. The number of nitrogens with one attached hydrogen (secondary N) is 2. The third-order valence-corrected chi connectivity index (χ3v) is 5.34. The van der Waals surface area contributed by atoms with Crippen LogP contribution in [0.4, 0.5) is 5.69 Å². The van der Waals surface area contributed by atoms with Gasteiger partial charge in [0.1, 0.15) is 0 Å². The molecule has 2 heterocycles. The molecule has 1 aromatic carbocycles. The van der Waals surface area contributed by atoms with Gasteiger partial charge in [-0.25, -0.2) is 0 Å². The summed E-state index contributed by atoms with van der Waals surface area (Å²) >= 11 is 0. The van der Waals surface area contributed by atoms with Gasteiger partial charge < -0.3 is 24.9 Å². The lowest BCUT2D eigenvalue weighted by molar-refractivity contribution is 0.0930. The van der Waals surface area contributed by atoms with Gasteiger partial charge in [0, 0.05) is 50.0 Å². The lowest BCUT2D eigenvalue weighted by Gasteiger charge is -2.32. The normalized spacial score (nSPS) is 16.4. The highest BCUT2D eigenvalue weighted by Crippen LogP contribution is 2.18. The number of hydrogen-bond donors (Lipinski definition) is 2. The topological polar surface area (TPSA) is 77.8 Å². The minimum Gasteiger partial charge on any atom is -0.459 e. The first-order valence-electron chi connectivity index (χ1n) is 10.1. The van der Waals surface area contributed by atoms with Crippen LogP contribution >= 0.6 is 0 Å². The maximum absolute atomic E-state index is 12.7. The molecule has 0 bridgehead atoms. The average Bonchev–Trinajstić information content (AvgIpc) is 3.24. The van der Waals surface area contributed by atoms with Crippen molar-refractivity contribution in [3.63, 3.8) is 0 Å². The number of rotatable bonds is 7. The Bertz CT molecular complexity index is 827. The third kappa shape index (κ3) is 5.92. The van der Waals surface area contributed by atoms with Crippen LogP contribution in [0.15, 0.2) is 41.0 Å². The van der Waals surface area contributed by atoms with Gasteiger partial charge in [-0.05, 0) is 57.1 Å². The summed E-state index contributed by atoms with van der Waals surface area (Å²) in [7, 11) is 2.15. The SMILES string of the molecule is Cc1ccc(C(=O)NC(C)CCN2CCN(C)CC2)cc1NC(=O)c1ccco1. The summed E-state index contributed by atoms with van der Waals surface area (Å²) in [5, 5.41) is 5.87. The molecule has 156 valence electrons. The highest BCUT2D eigenvalue weighted by Gasteiger charge is 2.17. The van der Waals surface area contributed by atoms with E-state index in [1.165, 1.54) is 6.26 Å². The molecule has 0 radical (unpaired) electrons. The van der Waals surface area contributed by atoms with Crippen molar-refractivity contribution in [1.29, 1.82) is 0 Å². The number of furan rings is 1. The Balaban J connectivity index is 1.54. The minimum atomic E-state index is -0.337. The summed E-state index contributed by atoms with van der Waals surface area (Å²) in [6, 6.07) is 8.66. The van der Waals surface area contributed by atoms with Crippen molar-refractivity contribution < 1.29 is 14.0 Å². The van der Waals surface area contributed by atoms with E-state index >= 15 is 0 Å². The number of benzene rings is 1. The molecule has 0 aliphatic carbocycles. The van der Waals surface area contributed by atoms with Crippen LogP contribution in [0.1, 0.15) is 39.8 Å². The summed E-state index contributed by atoms with van der Waals surface area (Å²) in [5.41, 5.74) is 2.01. The molecule has 0 saturated carbocycles. The Kier molecular flexibility index (Phi) is 7.06. The number of carbonyl (C=O) groups is 2. The third-order valence-electron chi connectivity index (χ3n) is 5.34. The molecule has 1 fully saturated rings. The zero-order chi connectivity index (χ0) is 20.8. The predicted octanol–water partition coefficient (Wildman–Crippen LogP) is 2.60. The van der Waals surface area contributed by atoms with Crippen molar-refractivity contribution in [2.75, 3.05) is 45.1 Å². The zero-order valence-electron chi connectivity index (χ0n) is 17.4. The maximum atomic E-state index is 12.7. The molecule has 7 heteroatoms. The number of aryl methyl sites for hydroxylation is 1. The van der Waals surface area contributed by atoms with Crippen molar-refractivity contribution >= 4 is 17.5 Å². The molecule has 1 unspecified atom stereocenters. The number of amides is 2. The van der Waals surface area contributed by atoms with Gasteiger partial charge in [0.25, 0.3) is 11.8 Å².